The van der Waals surface area contributed by atoms with Gasteiger partial charge in [-0.2, -0.15) is 5.10 Å². The number of hydrogen-bond donors (Lipinski definition) is 0. The molecule has 1 aromatic carbocycles. The van der Waals surface area contributed by atoms with Gasteiger partial charge in [-0.3, -0.25) is 19.0 Å². The number of rotatable bonds is 9. The van der Waals surface area contributed by atoms with Crippen LogP contribution in [0.15, 0.2) is 61.2 Å². The van der Waals surface area contributed by atoms with E-state index in [0.29, 0.717) is 56.5 Å². The zero-order chi connectivity index (χ0) is 32.1. The summed E-state index contributed by atoms with van der Waals surface area (Å²) in [6, 6.07) is 10.2. The number of pyridine rings is 1. The van der Waals surface area contributed by atoms with Crippen molar-refractivity contribution in [1.82, 2.24) is 44.1 Å². The summed E-state index contributed by atoms with van der Waals surface area (Å²) in [6.45, 7) is 3.65. The summed E-state index contributed by atoms with van der Waals surface area (Å²) >= 11 is 0. The van der Waals surface area contributed by atoms with Gasteiger partial charge in [0.1, 0.15) is 0 Å². The third-order valence-corrected chi connectivity index (χ3v) is 9.63. The van der Waals surface area contributed by atoms with Crippen molar-refractivity contribution in [1.29, 1.82) is 0 Å². The molecule has 0 atom stereocenters. The summed E-state index contributed by atoms with van der Waals surface area (Å²) < 4.78 is 11.7. The van der Waals surface area contributed by atoms with E-state index in [1.165, 1.54) is 12.8 Å². The summed E-state index contributed by atoms with van der Waals surface area (Å²) in [6.07, 6.45) is 12.8. The highest BCUT2D eigenvalue weighted by molar-refractivity contribution is 6.05. The molecule has 3 aliphatic rings. The summed E-state index contributed by atoms with van der Waals surface area (Å²) in [5.41, 5.74) is 7.80. The molecule has 12 heteroatoms. The van der Waals surface area contributed by atoms with Crippen molar-refractivity contribution in [2.75, 3.05) is 20.2 Å². The van der Waals surface area contributed by atoms with Crippen LogP contribution in [0.1, 0.15) is 53.0 Å². The molecule has 0 saturated heterocycles. The average Bonchev–Trinajstić information content (AvgIpc) is 3.44. The van der Waals surface area contributed by atoms with Crippen LogP contribution in [0.2, 0.25) is 0 Å². The molecular formula is C35H37N9O3. The van der Waals surface area contributed by atoms with Crippen LogP contribution in [-0.4, -0.2) is 76.1 Å². The minimum absolute atomic E-state index is 0.0234. The predicted octanol–water partition coefficient (Wildman–Crippen LogP) is 4.31. The maximum atomic E-state index is 14.1. The summed E-state index contributed by atoms with van der Waals surface area (Å²) in [5, 5.41) is 13.2. The van der Waals surface area contributed by atoms with Crippen molar-refractivity contribution < 1.29 is 14.3 Å². The smallest absolute Gasteiger partial charge is 0.254 e. The van der Waals surface area contributed by atoms with Crippen LogP contribution in [0.4, 0.5) is 0 Å². The van der Waals surface area contributed by atoms with Gasteiger partial charge in [-0.1, -0.05) is 11.3 Å². The maximum absolute atomic E-state index is 14.1. The number of carbonyl (C=O) groups excluding carboxylic acids is 2. The lowest BCUT2D eigenvalue weighted by Gasteiger charge is -2.28. The van der Waals surface area contributed by atoms with Gasteiger partial charge in [0.15, 0.2) is 0 Å². The monoisotopic (exact) mass is 631 g/mol. The fraction of sp³-hybridized carbons (Fsp3) is 0.371. The molecule has 4 aromatic heterocycles. The Morgan fingerprint density at radius 1 is 1.04 bits per heavy atom. The predicted molar refractivity (Wildman–Crippen MR) is 175 cm³/mol. The molecule has 0 unspecified atom stereocenters. The fourth-order valence-electron chi connectivity index (χ4n) is 6.99. The lowest BCUT2D eigenvalue weighted by molar-refractivity contribution is -0.131. The first-order valence-electron chi connectivity index (χ1n) is 16.2. The maximum Gasteiger partial charge on any atom is 0.254 e. The Hall–Kier alpha value is -5.26. The Balaban J connectivity index is 1.20. The van der Waals surface area contributed by atoms with E-state index in [0.717, 1.165) is 57.5 Å². The lowest BCUT2D eigenvalue weighted by Crippen LogP contribution is -2.36. The van der Waals surface area contributed by atoms with Crippen molar-refractivity contribution in [2.45, 2.75) is 51.9 Å². The van der Waals surface area contributed by atoms with Crippen LogP contribution in [0.5, 0.6) is 5.88 Å². The zero-order valence-corrected chi connectivity index (χ0v) is 26.7. The number of nitrogens with zero attached hydrogens (tertiary/aromatic N) is 9. The van der Waals surface area contributed by atoms with Gasteiger partial charge in [0.25, 0.3) is 5.91 Å². The molecule has 0 radical (unpaired) electrons. The molecular weight excluding hydrogens is 594 g/mol. The largest absolute Gasteiger partial charge is 0.481 e. The molecule has 2 aliphatic heterocycles. The first-order chi connectivity index (χ1) is 23.0. The molecule has 1 fully saturated rings. The van der Waals surface area contributed by atoms with E-state index in [4.69, 9.17) is 4.74 Å². The van der Waals surface area contributed by atoms with Crippen LogP contribution in [0, 0.1) is 5.92 Å². The SMILES string of the molecule is COc1ncccc1-c1cc(C(=O)N2Cc3cnn(C)c3C2)cc2cc(C3=CCCN(C(=O)CCn4ccnn4)C3)n(CC3CC3)c12. The topological polar surface area (TPSA) is 116 Å². The number of aromatic nitrogens is 7. The quantitative estimate of drug-likeness (QED) is 0.238. The highest BCUT2D eigenvalue weighted by atomic mass is 16.5. The number of hydrogen-bond acceptors (Lipinski definition) is 7. The number of carbonyl (C=O) groups is 2. The first kappa shape index (κ1) is 29.2. The third-order valence-electron chi connectivity index (χ3n) is 9.63. The summed E-state index contributed by atoms with van der Waals surface area (Å²) in [5.74, 6) is 1.19. The van der Waals surface area contributed by atoms with Crippen LogP contribution < -0.4 is 4.74 Å². The van der Waals surface area contributed by atoms with Crippen LogP contribution in [0.25, 0.3) is 27.6 Å². The fourth-order valence-corrected chi connectivity index (χ4v) is 6.99. The van der Waals surface area contributed by atoms with Crippen molar-refractivity contribution in [3.05, 3.63) is 83.7 Å². The molecule has 6 heterocycles. The zero-order valence-electron chi connectivity index (χ0n) is 26.7. The van der Waals surface area contributed by atoms with E-state index in [1.807, 2.05) is 52.0 Å². The van der Waals surface area contributed by atoms with Crippen LogP contribution in [0.3, 0.4) is 0 Å². The number of ether oxygens (including phenoxy) is 1. The molecule has 0 bridgehead atoms. The van der Waals surface area contributed by atoms with E-state index in [1.54, 1.807) is 30.4 Å². The standard InChI is InChI=1S/C35H37N9O3/c1-40-31-22-42(21-27(31)18-38-40)35(46)26-15-25-17-30(24-5-4-12-41(20-24)32(45)9-13-43-14-11-37-39-43)44(19-23-7-8-23)33(25)29(16-26)28-6-3-10-36-34(28)47-2/h3,5-6,10-11,14-18,23H,4,7-9,12-13,19-22H2,1-2H3. The summed E-state index contributed by atoms with van der Waals surface area (Å²) in [4.78, 5) is 35.8. The second kappa shape index (κ2) is 11.8. The normalized spacial score (nSPS) is 16.1. The van der Waals surface area contributed by atoms with Crippen molar-refractivity contribution in [3.63, 3.8) is 0 Å². The van der Waals surface area contributed by atoms with E-state index in [2.05, 4.69) is 37.1 Å². The van der Waals surface area contributed by atoms with E-state index < -0.39 is 0 Å². The number of amides is 2. The summed E-state index contributed by atoms with van der Waals surface area (Å²) in [7, 11) is 3.55. The van der Waals surface area contributed by atoms with Gasteiger partial charge >= 0.3 is 0 Å². The second-order valence-corrected chi connectivity index (χ2v) is 12.8. The number of benzene rings is 1. The minimum atomic E-state index is -0.0234. The molecule has 12 nitrogen and oxygen atoms in total. The molecule has 8 rings (SSSR count). The van der Waals surface area contributed by atoms with E-state index in [-0.39, 0.29) is 11.8 Å². The lowest BCUT2D eigenvalue weighted by atomic mass is 9.99. The van der Waals surface area contributed by atoms with Gasteiger partial charge in [0.2, 0.25) is 11.8 Å². The Morgan fingerprint density at radius 3 is 2.72 bits per heavy atom. The van der Waals surface area contributed by atoms with E-state index >= 15 is 0 Å². The molecule has 1 saturated carbocycles. The van der Waals surface area contributed by atoms with Crippen molar-refractivity contribution in [2.24, 2.45) is 13.0 Å². The van der Waals surface area contributed by atoms with Crippen molar-refractivity contribution in [3.8, 4) is 17.0 Å². The molecule has 47 heavy (non-hydrogen) atoms. The molecule has 1 aliphatic carbocycles. The second-order valence-electron chi connectivity index (χ2n) is 12.8. The van der Waals surface area contributed by atoms with Gasteiger partial charge < -0.3 is 19.1 Å². The molecule has 2 amide bonds. The van der Waals surface area contributed by atoms with Crippen molar-refractivity contribution >= 4 is 28.3 Å². The van der Waals surface area contributed by atoms with Crippen LogP contribution in [-0.2, 0) is 38.0 Å². The number of fused-ring (bicyclic) bond motifs is 2. The minimum Gasteiger partial charge on any atom is -0.481 e. The van der Waals surface area contributed by atoms with E-state index in [9.17, 15) is 9.59 Å². The molecule has 5 aromatic rings. The van der Waals surface area contributed by atoms with Gasteiger partial charge in [0.05, 0.1) is 43.8 Å². The molecule has 0 N–H and O–H groups in total. The number of aryl methyl sites for hydroxylation is 2. The first-order valence-corrected chi connectivity index (χ1v) is 16.2. The van der Waals surface area contributed by atoms with Gasteiger partial charge in [-0.15, -0.1) is 5.10 Å². The average molecular weight is 632 g/mol. The number of methoxy groups -OCH3 is 1. The third kappa shape index (κ3) is 5.47. The molecule has 240 valence electrons. The van der Waals surface area contributed by atoms with Gasteiger partial charge in [-0.05, 0) is 61.1 Å². The highest BCUT2D eigenvalue weighted by Crippen LogP contribution is 2.41. The highest BCUT2D eigenvalue weighted by Gasteiger charge is 2.31. The van der Waals surface area contributed by atoms with Gasteiger partial charge in [-0.25, -0.2) is 4.98 Å². The Labute approximate surface area is 272 Å². The Kier molecular flexibility index (Phi) is 7.34. The van der Waals surface area contributed by atoms with Crippen LogP contribution >= 0.6 is 0 Å². The Morgan fingerprint density at radius 2 is 1.94 bits per heavy atom. The van der Waals surface area contributed by atoms with Gasteiger partial charge in [0, 0.05) is 85.4 Å². The molecule has 0 spiro atoms. The Bertz CT molecular complexity index is 2020.